The molecule has 0 spiro atoms. The normalized spacial score (nSPS) is 15.8. The van der Waals surface area contributed by atoms with Crippen LogP contribution in [0.15, 0.2) is 76.7 Å². The summed E-state index contributed by atoms with van der Waals surface area (Å²) >= 11 is 0. The van der Waals surface area contributed by atoms with Crippen LogP contribution in [0.5, 0.6) is 0 Å². The van der Waals surface area contributed by atoms with E-state index in [1.54, 1.807) is 18.5 Å². The fraction of sp³-hybridized carbons (Fsp3) is 0.333. The topological polar surface area (TPSA) is 92.8 Å². The van der Waals surface area contributed by atoms with Gasteiger partial charge in [0.05, 0.1) is 24.6 Å². The van der Waals surface area contributed by atoms with Gasteiger partial charge >= 0.3 is 0 Å². The Bertz CT molecular complexity index is 1510. The maximum Gasteiger partial charge on any atom is 0.273 e. The van der Waals surface area contributed by atoms with Gasteiger partial charge < -0.3 is 9.64 Å². The predicted octanol–water partition coefficient (Wildman–Crippen LogP) is 5.37. The molecule has 204 valence electrons. The lowest BCUT2D eigenvalue weighted by atomic mass is 10.1. The minimum absolute atomic E-state index is 0.203. The number of aliphatic imine (C=N–C) groups is 1. The maximum absolute atomic E-state index is 13.1. The number of fused-ring (bicyclic) bond motifs is 1. The molecule has 1 aliphatic rings. The monoisotopic (exact) mass is 527 g/mol. The van der Waals surface area contributed by atoms with E-state index in [2.05, 4.69) is 41.0 Å². The Morgan fingerprint density at radius 1 is 1.10 bits per heavy atom. The molecule has 0 atom stereocenters. The Morgan fingerprint density at radius 3 is 2.62 bits per heavy atom. The van der Waals surface area contributed by atoms with E-state index < -0.39 is 0 Å². The summed E-state index contributed by atoms with van der Waals surface area (Å²) in [6.07, 6.45) is 19.5. The fourth-order valence-electron chi connectivity index (χ4n) is 4.24. The first-order valence-corrected chi connectivity index (χ1v) is 13.5. The van der Waals surface area contributed by atoms with E-state index in [0.717, 1.165) is 48.6 Å². The summed E-state index contributed by atoms with van der Waals surface area (Å²) in [4.78, 5) is 24.5. The SMILES string of the molecule is C\C=C/C(=C\C=C\CC)c1cc2nc(-n3[nH]c(C(=C/C)/C=N/C=C\CC)cc3=O)cc(N3CCOCC3)n2n1. The predicted molar refractivity (Wildman–Crippen MR) is 160 cm³/mol. The Hall–Kier alpha value is -4.24. The van der Waals surface area contributed by atoms with Crippen molar-refractivity contribution in [3.8, 4) is 5.82 Å². The molecule has 0 saturated carbocycles. The zero-order chi connectivity index (χ0) is 27.6. The van der Waals surface area contributed by atoms with E-state index in [0.29, 0.717) is 30.4 Å². The number of aromatic nitrogens is 5. The highest BCUT2D eigenvalue weighted by atomic mass is 16.5. The lowest BCUT2D eigenvalue weighted by Gasteiger charge is -2.29. The number of morpholine rings is 1. The van der Waals surface area contributed by atoms with Crippen LogP contribution in [-0.4, -0.2) is 56.9 Å². The molecule has 0 aliphatic carbocycles. The van der Waals surface area contributed by atoms with Gasteiger partial charge in [0, 0.05) is 54.8 Å². The van der Waals surface area contributed by atoms with Gasteiger partial charge in [-0.25, -0.2) is 9.67 Å². The van der Waals surface area contributed by atoms with Crippen LogP contribution in [-0.2, 0) is 4.74 Å². The summed E-state index contributed by atoms with van der Waals surface area (Å²) in [5.74, 6) is 1.35. The Labute approximate surface area is 229 Å². The second-order valence-electron chi connectivity index (χ2n) is 8.99. The molecule has 1 aliphatic heterocycles. The number of H-pyrrole nitrogens is 1. The quantitative estimate of drug-likeness (QED) is 0.283. The van der Waals surface area contributed by atoms with Crippen molar-refractivity contribution in [2.24, 2.45) is 4.99 Å². The maximum atomic E-state index is 13.1. The minimum Gasteiger partial charge on any atom is -0.378 e. The number of nitrogens with one attached hydrogen (secondary N) is 1. The summed E-state index contributed by atoms with van der Waals surface area (Å²) in [6.45, 7) is 10.8. The molecule has 39 heavy (non-hydrogen) atoms. The number of hydrogen-bond acceptors (Lipinski definition) is 6. The number of anilines is 1. The minimum atomic E-state index is -0.203. The molecule has 3 aromatic rings. The van der Waals surface area contributed by atoms with Gasteiger partial charge in [0.15, 0.2) is 11.5 Å². The molecule has 0 amide bonds. The van der Waals surface area contributed by atoms with Crippen molar-refractivity contribution >= 4 is 28.8 Å². The number of aromatic amines is 1. The molecular weight excluding hydrogens is 490 g/mol. The van der Waals surface area contributed by atoms with Crippen molar-refractivity contribution < 1.29 is 4.74 Å². The summed E-state index contributed by atoms with van der Waals surface area (Å²) < 4.78 is 8.91. The van der Waals surface area contributed by atoms with Crippen molar-refractivity contribution in [2.75, 3.05) is 31.2 Å². The largest absolute Gasteiger partial charge is 0.378 e. The van der Waals surface area contributed by atoms with Crippen molar-refractivity contribution in [1.29, 1.82) is 0 Å². The number of nitrogens with zero attached hydrogens (tertiary/aromatic N) is 6. The molecule has 9 heteroatoms. The van der Waals surface area contributed by atoms with E-state index in [1.807, 2.05) is 60.9 Å². The highest BCUT2D eigenvalue weighted by molar-refractivity contribution is 6.09. The molecule has 4 rings (SSSR count). The first-order valence-electron chi connectivity index (χ1n) is 13.5. The van der Waals surface area contributed by atoms with Crippen LogP contribution in [0.4, 0.5) is 5.82 Å². The van der Waals surface area contributed by atoms with Crippen molar-refractivity contribution in [1.82, 2.24) is 24.4 Å². The van der Waals surface area contributed by atoms with Crippen LogP contribution >= 0.6 is 0 Å². The van der Waals surface area contributed by atoms with Crippen LogP contribution in [0.1, 0.15) is 51.9 Å². The molecule has 3 aromatic heterocycles. The average molecular weight is 528 g/mol. The molecule has 9 nitrogen and oxygen atoms in total. The summed E-state index contributed by atoms with van der Waals surface area (Å²) in [7, 11) is 0. The van der Waals surface area contributed by atoms with E-state index >= 15 is 0 Å². The van der Waals surface area contributed by atoms with Gasteiger partial charge in [-0.2, -0.15) is 9.61 Å². The Morgan fingerprint density at radius 2 is 1.90 bits per heavy atom. The molecule has 0 unspecified atom stereocenters. The molecular formula is C30H37N7O2. The second kappa shape index (κ2) is 13.5. The van der Waals surface area contributed by atoms with Crippen molar-refractivity contribution in [3.63, 3.8) is 0 Å². The third-order valence-electron chi connectivity index (χ3n) is 6.23. The van der Waals surface area contributed by atoms with E-state index in [4.69, 9.17) is 14.8 Å². The van der Waals surface area contributed by atoms with E-state index in [-0.39, 0.29) is 5.56 Å². The highest BCUT2D eigenvalue weighted by Gasteiger charge is 2.20. The van der Waals surface area contributed by atoms with Crippen LogP contribution in [0.2, 0.25) is 0 Å². The number of hydrogen-bond donors (Lipinski definition) is 1. The first-order chi connectivity index (χ1) is 19.1. The first kappa shape index (κ1) is 27.8. The number of allylic oxidation sites excluding steroid dienone is 9. The molecule has 1 N–H and O–H groups in total. The van der Waals surface area contributed by atoms with Crippen LogP contribution in [0, 0.1) is 0 Å². The van der Waals surface area contributed by atoms with E-state index in [1.165, 1.54) is 4.68 Å². The van der Waals surface area contributed by atoms with Crippen LogP contribution in [0.25, 0.3) is 22.6 Å². The number of rotatable bonds is 10. The molecule has 0 bridgehead atoms. The smallest absolute Gasteiger partial charge is 0.273 e. The summed E-state index contributed by atoms with van der Waals surface area (Å²) in [6, 6.07) is 5.43. The highest BCUT2D eigenvalue weighted by Crippen LogP contribution is 2.24. The van der Waals surface area contributed by atoms with Gasteiger partial charge in [-0.15, -0.1) is 0 Å². The lowest BCUT2D eigenvalue weighted by Crippen LogP contribution is -2.37. The van der Waals surface area contributed by atoms with E-state index in [9.17, 15) is 4.79 Å². The Balaban J connectivity index is 1.83. The zero-order valence-electron chi connectivity index (χ0n) is 23.2. The van der Waals surface area contributed by atoms with Crippen LogP contribution < -0.4 is 10.5 Å². The zero-order valence-corrected chi connectivity index (χ0v) is 23.2. The number of ether oxygens (including phenoxy) is 1. The van der Waals surface area contributed by atoms with Gasteiger partial charge in [0.25, 0.3) is 5.56 Å². The summed E-state index contributed by atoms with van der Waals surface area (Å²) in [5.41, 5.74) is 3.72. The molecule has 1 saturated heterocycles. The van der Waals surface area contributed by atoms with Gasteiger partial charge in [0.2, 0.25) is 0 Å². The molecule has 0 radical (unpaired) electrons. The van der Waals surface area contributed by atoms with Gasteiger partial charge in [-0.05, 0) is 26.7 Å². The standard InChI is InChI=1S/C30H37N7O2/c1-5-9-11-13-24(12-7-3)25-19-27-32-28(21-29(36(27)33-25)35-15-17-39-18-16-35)37-30(38)20-26(34-37)23(8-4)22-31-14-10-6-2/h7-14,19-22,34H,5-6,15-18H2,1-4H3/b11-9+,12-7-,14-10-,23-8+,24-13+,31-22+. The third kappa shape index (κ3) is 6.61. The van der Waals surface area contributed by atoms with Gasteiger partial charge in [-0.3, -0.25) is 14.9 Å². The van der Waals surface area contributed by atoms with Crippen molar-refractivity contribution in [3.05, 3.63) is 88.7 Å². The van der Waals surface area contributed by atoms with Gasteiger partial charge in [0.1, 0.15) is 5.82 Å². The van der Waals surface area contributed by atoms with Crippen LogP contribution in [0.3, 0.4) is 0 Å². The molecule has 1 fully saturated rings. The fourth-order valence-corrected chi connectivity index (χ4v) is 4.24. The van der Waals surface area contributed by atoms with Gasteiger partial charge in [-0.1, -0.05) is 56.4 Å². The Kier molecular flexibility index (Phi) is 9.64. The second-order valence-corrected chi connectivity index (χ2v) is 8.99. The summed E-state index contributed by atoms with van der Waals surface area (Å²) in [5, 5.41) is 8.15. The molecule has 0 aromatic carbocycles. The molecule has 4 heterocycles. The third-order valence-corrected chi connectivity index (χ3v) is 6.23. The van der Waals surface area contributed by atoms with Crippen molar-refractivity contribution in [2.45, 2.75) is 40.5 Å². The average Bonchev–Trinajstić information content (AvgIpc) is 3.56. The lowest BCUT2D eigenvalue weighted by molar-refractivity contribution is 0.122.